The van der Waals surface area contributed by atoms with Crippen LogP contribution in [0.4, 0.5) is 0 Å². The highest BCUT2D eigenvalue weighted by Gasteiger charge is 2.28. The number of sulfone groups is 1. The Hall–Kier alpha value is -1.82. The van der Waals surface area contributed by atoms with E-state index in [0.29, 0.717) is 18.4 Å². The summed E-state index contributed by atoms with van der Waals surface area (Å²) in [6, 6.07) is 5.70. The largest absolute Gasteiger partial charge is 0.458 e. The second-order valence-electron chi connectivity index (χ2n) is 7.15. The average molecular weight is 361 g/mol. The Morgan fingerprint density at radius 2 is 1.96 bits per heavy atom. The summed E-state index contributed by atoms with van der Waals surface area (Å²) in [5.41, 5.74) is 3.89. The average Bonchev–Trinajstić information content (AvgIpc) is 2.75. The Bertz CT molecular complexity index is 913. The molecule has 134 valence electrons. The van der Waals surface area contributed by atoms with Crippen LogP contribution < -0.4 is 0 Å². The van der Waals surface area contributed by atoms with Gasteiger partial charge in [0, 0.05) is 11.1 Å². The highest BCUT2D eigenvalue weighted by atomic mass is 32.2. The van der Waals surface area contributed by atoms with Gasteiger partial charge in [-0.1, -0.05) is 18.6 Å². The highest BCUT2D eigenvalue weighted by Crippen LogP contribution is 2.31. The number of nitrogens with one attached hydrogen (secondary N) is 1. The number of hydrogen-bond donors (Lipinski definition) is 1. The smallest absolute Gasteiger partial charge is 0.340 e. The second-order valence-corrected chi connectivity index (χ2v) is 9.38. The van der Waals surface area contributed by atoms with Crippen molar-refractivity contribution >= 4 is 26.7 Å². The fourth-order valence-corrected chi connectivity index (χ4v) is 5.64. The molecule has 0 amide bonds. The Balaban J connectivity index is 1.64. The van der Waals surface area contributed by atoms with Gasteiger partial charge in [-0.05, 0) is 50.2 Å². The van der Waals surface area contributed by atoms with Gasteiger partial charge < -0.3 is 9.72 Å². The summed E-state index contributed by atoms with van der Waals surface area (Å²) in [5.74, 6) is -0.292. The molecule has 2 heterocycles. The molecule has 1 fully saturated rings. The summed E-state index contributed by atoms with van der Waals surface area (Å²) in [7, 11) is -3.09. The minimum atomic E-state index is -3.09. The fraction of sp³-hybridized carbons (Fsp3) is 0.526. The van der Waals surface area contributed by atoms with Crippen LogP contribution in [0.5, 0.6) is 0 Å². The Morgan fingerprint density at radius 1 is 1.12 bits per heavy atom. The van der Waals surface area contributed by atoms with Gasteiger partial charge in [0.2, 0.25) is 0 Å². The number of aromatic amines is 1. The zero-order valence-electron chi connectivity index (χ0n) is 14.2. The van der Waals surface area contributed by atoms with E-state index in [4.69, 9.17) is 4.74 Å². The first kappa shape index (κ1) is 16.6. The lowest BCUT2D eigenvalue weighted by Crippen LogP contribution is -2.33. The maximum absolute atomic E-state index is 12.7. The van der Waals surface area contributed by atoms with Crippen LogP contribution in [0.15, 0.2) is 18.2 Å². The van der Waals surface area contributed by atoms with Gasteiger partial charge in [-0.15, -0.1) is 0 Å². The minimum Gasteiger partial charge on any atom is -0.458 e. The number of ether oxygens (including phenoxy) is 1. The molecule has 1 saturated heterocycles. The molecule has 1 aliphatic carbocycles. The molecule has 5 nitrogen and oxygen atoms in total. The van der Waals surface area contributed by atoms with Crippen LogP contribution >= 0.6 is 0 Å². The van der Waals surface area contributed by atoms with Crippen molar-refractivity contribution in [2.45, 2.75) is 51.0 Å². The molecule has 25 heavy (non-hydrogen) atoms. The molecule has 0 unspecified atom stereocenters. The Morgan fingerprint density at radius 3 is 2.80 bits per heavy atom. The van der Waals surface area contributed by atoms with Crippen molar-refractivity contribution in [1.82, 2.24) is 4.98 Å². The molecular formula is C19H23NO4S. The first-order chi connectivity index (χ1) is 12.0. The molecule has 0 spiro atoms. The number of carbonyl (C=O) groups excluding carboxylic acids is 1. The van der Waals surface area contributed by atoms with Gasteiger partial charge in [-0.2, -0.15) is 0 Å². The lowest BCUT2D eigenvalue weighted by Gasteiger charge is -2.22. The van der Waals surface area contributed by atoms with Crippen molar-refractivity contribution in [2.24, 2.45) is 0 Å². The summed E-state index contributed by atoms with van der Waals surface area (Å²) in [4.78, 5) is 16.1. The predicted octanol–water partition coefficient (Wildman–Crippen LogP) is 3.17. The molecule has 1 aromatic carbocycles. The van der Waals surface area contributed by atoms with Gasteiger partial charge in [0.05, 0.1) is 22.6 Å². The zero-order valence-corrected chi connectivity index (χ0v) is 15.0. The number of carbonyl (C=O) groups is 1. The van der Waals surface area contributed by atoms with Crippen LogP contribution in [-0.4, -0.2) is 37.0 Å². The number of aromatic nitrogens is 1. The van der Waals surface area contributed by atoms with E-state index < -0.39 is 21.9 Å². The summed E-state index contributed by atoms with van der Waals surface area (Å²) in [6.07, 6.45) is 6.27. The van der Waals surface area contributed by atoms with Crippen molar-refractivity contribution in [2.75, 3.05) is 11.5 Å². The number of benzene rings is 1. The van der Waals surface area contributed by atoms with E-state index in [1.807, 2.05) is 6.07 Å². The Labute approximate surface area is 147 Å². The summed E-state index contributed by atoms with van der Waals surface area (Å²) in [5, 5.41) is 1.10. The number of para-hydroxylation sites is 1. The van der Waals surface area contributed by atoms with Crippen LogP contribution in [0.25, 0.3) is 10.9 Å². The monoisotopic (exact) mass is 361 g/mol. The van der Waals surface area contributed by atoms with E-state index in [-0.39, 0.29) is 11.5 Å². The summed E-state index contributed by atoms with van der Waals surface area (Å²) in [6.45, 7) is 0. The third-order valence-corrected chi connectivity index (χ3v) is 7.09. The van der Waals surface area contributed by atoms with Crippen molar-refractivity contribution in [3.05, 3.63) is 35.0 Å². The lowest BCUT2D eigenvalue weighted by molar-refractivity contribution is 0.0326. The van der Waals surface area contributed by atoms with E-state index in [2.05, 4.69) is 11.1 Å². The molecule has 1 aromatic heterocycles. The first-order valence-electron chi connectivity index (χ1n) is 9.07. The first-order valence-corrected chi connectivity index (χ1v) is 10.9. The lowest BCUT2D eigenvalue weighted by atomic mass is 10.0. The summed E-state index contributed by atoms with van der Waals surface area (Å²) >= 11 is 0. The second kappa shape index (κ2) is 6.48. The van der Waals surface area contributed by atoms with Gasteiger partial charge in [0.15, 0.2) is 9.84 Å². The van der Waals surface area contributed by atoms with Gasteiger partial charge >= 0.3 is 5.97 Å². The van der Waals surface area contributed by atoms with E-state index in [1.165, 1.54) is 30.5 Å². The molecule has 1 N–H and O–H groups in total. The summed E-state index contributed by atoms with van der Waals surface area (Å²) < 4.78 is 29.1. The number of aryl methyl sites for hydroxylation is 2. The standard InChI is InChI=1S/C19H23NO4S/c21-19(24-13-6-5-11-25(22,23)12-13)16-9-4-8-15-14-7-2-1-3-10-17(14)20-18(15)16/h4,8-9,13,20H,1-3,5-7,10-12H2/t13-/m0/s1. The van der Waals surface area contributed by atoms with Crippen LogP contribution in [0.3, 0.4) is 0 Å². The number of hydrogen-bond acceptors (Lipinski definition) is 4. The predicted molar refractivity (Wildman–Crippen MR) is 96.6 cm³/mol. The van der Waals surface area contributed by atoms with Crippen molar-refractivity contribution in [3.63, 3.8) is 0 Å². The molecule has 0 bridgehead atoms. The molecule has 0 radical (unpaired) electrons. The highest BCUT2D eigenvalue weighted by molar-refractivity contribution is 7.91. The molecular weight excluding hydrogens is 338 g/mol. The van der Waals surface area contributed by atoms with Gasteiger partial charge in [0.1, 0.15) is 6.10 Å². The molecule has 0 saturated carbocycles. The van der Waals surface area contributed by atoms with E-state index in [1.54, 1.807) is 6.07 Å². The van der Waals surface area contributed by atoms with E-state index in [9.17, 15) is 13.2 Å². The molecule has 2 aliphatic rings. The third kappa shape index (κ3) is 3.32. The normalized spacial score (nSPS) is 23.0. The maximum Gasteiger partial charge on any atom is 0.340 e. The quantitative estimate of drug-likeness (QED) is 0.658. The van der Waals surface area contributed by atoms with Gasteiger partial charge in [-0.3, -0.25) is 0 Å². The molecule has 2 aromatic rings. The minimum absolute atomic E-state index is 0.0596. The SMILES string of the molecule is O=C(O[C@H]1CCCS(=O)(=O)C1)c1cccc2c3c([nH]c12)CCCCC3. The van der Waals surface area contributed by atoms with Crippen LogP contribution in [-0.2, 0) is 27.4 Å². The van der Waals surface area contributed by atoms with Crippen molar-refractivity contribution in [3.8, 4) is 0 Å². The molecule has 6 heteroatoms. The van der Waals surface area contributed by atoms with Gasteiger partial charge in [-0.25, -0.2) is 13.2 Å². The van der Waals surface area contributed by atoms with E-state index >= 15 is 0 Å². The number of rotatable bonds is 2. The number of esters is 1. The molecule has 1 atom stereocenters. The van der Waals surface area contributed by atoms with Crippen LogP contribution in [0.1, 0.15) is 53.7 Å². The van der Waals surface area contributed by atoms with E-state index in [0.717, 1.165) is 23.7 Å². The zero-order chi connectivity index (χ0) is 17.4. The van der Waals surface area contributed by atoms with Gasteiger partial charge in [0.25, 0.3) is 0 Å². The maximum atomic E-state index is 12.7. The Kier molecular flexibility index (Phi) is 4.31. The topological polar surface area (TPSA) is 76.2 Å². The van der Waals surface area contributed by atoms with Crippen LogP contribution in [0, 0.1) is 0 Å². The van der Waals surface area contributed by atoms with Crippen molar-refractivity contribution < 1.29 is 17.9 Å². The van der Waals surface area contributed by atoms with Crippen LogP contribution in [0.2, 0.25) is 0 Å². The van der Waals surface area contributed by atoms with Crippen molar-refractivity contribution in [1.29, 1.82) is 0 Å². The molecule has 4 rings (SSSR count). The number of H-pyrrole nitrogens is 1. The fourth-order valence-electron chi connectivity index (χ4n) is 4.07. The number of fused-ring (bicyclic) bond motifs is 3. The third-order valence-electron chi connectivity index (χ3n) is 5.30. The molecule has 1 aliphatic heterocycles.